The summed E-state index contributed by atoms with van der Waals surface area (Å²) in [6, 6.07) is 2.05. The second-order valence-electron chi connectivity index (χ2n) is 3.09. The van der Waals surface area contributed by atoms with Crippen LogP contribution in [-0.2, 0) is 7.05 Å². The highest BCUT2D eigenvalue weighted by Gasteiger charge is 2.14. The minimum Gasteiger partial charge on any atom is -0.384 e. The van der Waals surface area contributed by atoms with E-state index in [1.807, 2.05) is 25.4 Å². The lowest BCUT2D eigenvalue weighted by atomic mass is 10.1. The zero-order valence-corrected chi connectivity index (χ0v) is 10.3. The van der Waals surface area contributed by atoms with Crippen molar-refractivity contribution >= 4 is 33.1 Å². The van der Waals surface area contributed by atoms with Crippen LogP contribution in [0.5, 0.6) is 0 Å². The van der Waals surface area contributed by atoms with Gasteiger partial charge >= 0.3 is 0 Å². The van der Waals surface area contributed by atoms with Crippen LogP contribution < -0.4 is 5.73 Å². The van der Waals surface area contributed by atoms with Gasteiger partial charge in [0, 0.05) is 18.2 Å². The zero-order valence-electron chi connectivity index (χ0n) is 7.91. The van der Waals surface area contributed by atoms with E-state index in [1.165, 1.54) is 0 Å². The monoisotopic (exact) mass is 271 g/mol. The van der Waals surface area contributed by atoms with Gasteiger partial charge in [0.05, 0.1) is 9.48 Å². The van der Waals surface area contributed by atoms with E-state index < -0.39 is 0 Å². The molecule has 0 aromatic carbocycles. The van der Waals surface area contributed by atoms with Gasteiger partial charge in [-0.15, -0.1) is 11.3 Å². The molecule has 2 N–H and O–H groups in total. The molecule has 0 aliphatic rings. The molecule has 0 unspecified atom stereocenters. The first-order chi connectivity index (χ1) is 6.61. The first kappa shape index (κ1) is 9.73. The summed E-state index contributed by atoms with van der Waals surface area (Å²) < 4.78 is 2.80. The highest BCUT2D eigenvalue weighted by atomic mass is 79.9. The Morgan fingerprint density at radius 2 is 2.29 bits per heavy atom. The van der Waals surface area contributed by atoms with E-state index in [9.17, 15) is 0 Å². The van der Waals surface area contributed by atoms with E-state index in [2.05, 4.69) is 21.0 Å². The molecule has 0 aliphatic heterocycles. The van der Waals surface area contributed by atoms with Gasteiger partial charge in [0.1, 0.15) is 5.82 Å². The number of thiophene rings is 1. The molecule has 0 radical (unpaired) electrons. The van der Waals surface area contributed by atoms with Crippen LogP contribution in [0, 0.1) is 6.92 Å². The van der Waals surface area contributed by atoms with Crippen molar-refractivity contribution in [3.05, 3.63) is 20.8 Å². The van der Waals surface area contributed by atoms with Gasteiger partial charge in [0.2, 0.25) is 0 Å². The lowest BCUT2D eigenvalue weighted by Gasteiger charge is -1.94. The predicted octanol–water partition coefficient (Wildman–Crippen LogP) is 2.80. The Morgan fingerprint density at radius 3 is 2.71 bits per heavy atom. The summed E-state index contributed by atoms with van der Waals surface area (Å²) in [7, 11) is 1.85. The van der Waals surface area contributed by atoms with Crippen LogP contribution in [0.4, 0.5) is 5.82 Å². The molecule has 0 aliphatic carbocycles. The van der Waals surface area contributed by atoms with E-state index in [4.69, 9.17) is 5.73 Å². The fourth-order valence-corrected chi connectivity index (χ4v) is 2.62. The van der Waals surface area contributed by atoms with Gasteiger partial charge in [-0.2, -0.15) is 5.10 Å². The van der Waals surface area contributed by atoms with Gasteiger partial charge in [-0.25, -0.2) is 0 Å². The number of anilines is 1. The smallest absolute Gasteiger partial charge is 0.124 e. The Kier molecular flexibility index (Phi) is 2.36. The van der Waals surface area contributed by atoms with E-state index in [0.29, 0.717) is 0 Å². The fraction of sp³-hybridized carbons (Fsp3) is 0.222. The summed E-state index contributed by atoms with van der Waals surface area (Å²) in [6.45, 7) is 1.99. The van der Waals surface area contributed by atoms with Gasteiger partial charge < -0.3 is 5.73 Å². The molecule has 0 spiro atoms. The SMILES string of the molecule is Cc1c(-c2ccsc2Br)nn(C)c1N. The fourth-order valence-electron chi connectivity index (χ4n) is 1.36. The lowest BCUT2D eigenvalue weighted by Crippen LogP contribution is -1.97. The molecule has 2 rings (SSSR count). The van der Waals surface area contributed by atoms with Gasteiger partial charge in [-0.05, 0) is 34.3 Å². The minimum atomic E-state index is 0.720. The molecule has 2 aromatic rings. The van der Waals surface area contributed by atoms with E-state index >= 15 is 0 Å². The van der Waals surface area contributed by atoms with Gasteiger partial charge in [-0.3, -0.25) is 4.68 Å². The molecule has 74 valence electrons. The van der Waals surface area contributed by atoms with Crippen LogP contribution in [0.1, 0.15) is 5.56 Å². The Bertz CT molecular complexity index is 472. The van der Waals surface area contributed by atoms with E-state index in [-0.39, 0.29) is 0 Å². The Labute approximate surface area is 94.7 Å². The third-order valence-corrected chi connectivity index (χ3v) is 3.90. The van der Waals surface area contributed by atoms with E-state index in [1.54, 1.807) is 16.0 Å². The van der Waals surface area contributed by atoms with Crippen molar-refractivity contribution in [2.75, 3.05) is 5.73 Å². The van der Waals surface area contributed by atoms with Crippen LogP contribution in [0.2, 0.25) is 0 Å². The van der Waals surface area contributed by atoms with Crippen molar-refractivity contribution in [1.82, 2.24) is 9.78 Å². The van der Waals surface area contributed by atoms with Crippen LogP contribution >= 0.6 is 27.3 Å². The second-order valence-corrected chi connectivity index (χ2v) is 5.32. The number of nitrogens with zero attached hydrogens (tertiary/aromatic N) is 2. The maximum absolute atomic E-state index is 5.85. The standard InChI is InChI=1S/C9H10BrN3S/c1-5-7(12-13(2)9(5)11)6-3-4-14-8(6)10/h3-4H,11H2,1-2H3. The highest BCUT2D eigenvalue weighted by molar-refractivity contribution is 9.11. The first-order valence-corrected chi connectivity index (χ1v) is 5.81. The third-order valence-electron chi connectivity index (χ3n) is 2.21. The number of aromatic nitrogens is 2. The molecule has 0 saturated carbocycles. The maximum Gasteiger partial charge on any atom is 0.124 e. The molecule has 14 heavy (non-hydrogen) atoms. The average molecular weight is 272 g/mol. The average Bonchev–Trinajstić information content (AvgIpc) is 2.66. The van der Waals surface area contributed by atoms with Crippen LogP contribution in [0.3, 0.4) is 0 Å². The molecule has 0 fully saturated rings. The van der Waals surface area contributed by atoms with Crippen LogP contribution in [-0.4, -0.2) is 9.78 Å². The number of rotatable bonds is 1. The number of hydrogen-bond acceptors (Lipinski definition) is 3. The largest absolute Gasteiger partial charge is 0.384 e. The minimum absolute atomic E-state index is 0.720. The van der Waals surface area contributed by atoms with Crippen molar-refractivity contribution in [2.24, 2.45) is 7.05 Å². The lowest BCUT2D eigenvalue weighted by molar-refractivity contribution is 0.782. The normalized spacial score (nSPS) is 10.8. The topological polar surface area (TPSA) is 43.8 Å². The summed E-state index contributed by atoms with van der Waals surface area (Å²) >= 11 is 5.15. The quantitative estimate of drug-likeness (QED) is 0.867. The summed E-state index contributed by atoms with van der Waals surface area (Å²) in [5, 5.41) is 6.41. The van der Waals surface area contributed by atoms with Crippen molar-refractivity contribution < 1.29 is 0 Å². The van der Waals surface area contributed by atoms with Crippen LogP contribution in [0.25, 0.3) is 11.3 Å². The first-order valence-electron chi connectivity index (χ1n) is 4.13. The molecule has 0 atom stereocenters. The highest BCUT2D eigenvalue weighted by Crippen LogP contribution is 2.35. The molecule has 2 heterocycles. The molecule has 0 bridgehead atoms. The molecular weight excluding hydrogens is 262 g/mol. The molecular formula is C9H10BrN3S. The van der Waals surface area contributed by atoms with Gasteiger partial charge in [0.25, 0.3) is 0 Å². The summed E-state index contributed by atoms with van der Waals surface area (Å²) in [5.74, 6) is 0.720. The Morgan fingerprint density at radius 1 is 1.57 bits per heavy atom. The molecule has 2 aromatic heterocycles. The van der Waals surface area contributed by atoms with Crippen molar-refractivity contribution in [3.8, 4) is 11.3 Å². The zero-order chi connectivity index (χ0) is 10.3. The van der Waals surface area contributed by atoms with Crippen molar-refractivity contribution in [2.45, 2.75) is 6.92 Å². The molecule has 0 saturated heterocycles. The van der Waals surface area contributed by atoms with Crippen LogP contribution in [0.15, 0.2) is 15.2 Å². The molecule has 0 amide bonds. The van der Waals surface area contributed by atoms with Gasteiger partial charge in [0.15, 0.2) is 0 Å². The Hall–Kier alpha value is -0.810. The summed E-state index contributed by atoms with van der Waals surface area (Å²) in [4.78, 5) is 0. The summed E-state index contributed by atoms with van der Waals surface area (Å²) in [6.07, 6.45) is 0. The van der Waals surface area contributed by atoms with E-state index in [0.717, 1.165) is 26.4 Å². The van der Waals surface area contributed by atoms with Crippen molar-refractivity contribution in [1.29, 1.82) is 0 Å². The second kappa shape index (κ2) is 3.40. The number of hydrogen-bond donors (Lipinski definition) is 1. The van der Waals surface area contributed by atoms with Gasteiger partial charge in [-0.1, -0.05) is 0 Å². The number of aryl methyl sites for hydroxylation is 1. The number of halogens is 1. The van der Waals surface area contributed by atoms with Crippen molar-refractivity contribution in [3.63, 3.8) is 0 Å². The number of nitrogens with two attached hydrogens (primary N) is 1. The molecule has 3 nitrogen and oxygen atoms in total. The summed E-state index contributed by atoms with van der Waals surface area (Å²) in [5.41, 5.74) is 8.95. The maximum atomic E-state index is 5.85. The predicted molar refractivity (Wildman–Crippen MR) is 63.4 cm³/mol. The third kappa shape index (κ3) is 1.36. The number of nitrogen functional groups attached to an aromatic ring is 1. The molecule has 5 heteroatoms. The Balaban J connectivity index is 2.63.